The number of nitrogens with two attached hydrogens (primary N) is 1. The summed E-state index contributed by atoms with van der Waals surface area (Å²) in [6, 6.07) is 14.8. The lowest BCUT2D eigenvalue weighted by Gasteiger charge is -2.09. The zero-order valence-electron chi connectivity index (χ0n) is 10.0. The summed E-state index contributed by atoms with van der Waals surface area (Å²) in [6.07, 6.45) is 0. The largest absolute Gasteiger partial charge is 0.398 e. The minimum absolute atomic E-state index is 0.121. The molecule has 0 aliphatic heterocycles. The molecule has 2 N–H and O–H groups in total. The SMILES string of the molecule is CC(N=Nc1ccccc1)c1cc(Cl)ccc1N. The molecule has 2 aromatic carbocycles. The molecule has 0 aromatic heterocycles. The first kappa shape index (κ1) is 12.6. The smallest absolute Gasteiger partial charge is 0.0954 e. The normalized spacial score (nSPS) is 12.8. The molecule has 1 unspecified atom stereocenters. The van der Waals surface area contributed by atoms with E-state index in [0.29, 0.717) is 10.7 Å². The van der Waals surface area contributed by atoms with Crippen LogP contribution in [0.1, 0.15) is 18.5 Å². The standard InChI is InChI=1S/C14H14ClN3/c1-10(13-9-11(15)7-8-14(13)16)17-18-12-5-3-2-4-6-12/h2-10H,16H2,1H3. The molecule has 92 valence electrons. The minimum atomic E-state index is -0.121. The zero-order chi connectivity index (χ0) is 13.0. The van der Waals surface area contributed by atoms with Gasteiger partial charge in [0.2, 0.25) is 0 Å². The summed E-state index contributed by atoms with van der Waals surface area (Å²) in [7, 11) is 0. The summed E-state index contributed by atoms with van der Waals surface area (Å²) in [5, 5.41) is 9.09. The van der Waals surface area contributed by atoms with Crippen LogP contribution >= 0.6 is 11.6 Å². The van der Waals surface area contributed by atoms with Crippen molar-refractivity contribution in [3.63, 3.8) is 0 Å². The summed E-state index contributed by atoms with van der Waals surface area (Å²) in [6.45, 7) is 1.94. The second kappa shape index (κ2) is 5.65. The lowest BCUT2D eigenvalue weighted by atomic mass is 10.1. The van der Waals surface area contributed by atoms with Crippen LogP contribution in [0.4, 0.5) is 11.4 Å². The predicted molar refractivity (Wildman–Crippen MR) is 75.2 cm³/mol. The Hall–Kier alpha value is -1.87. The Kier molecular flexibility index (Phi) is 3.95. The Morgan fingerprint density at radius 1 is 1.11 bits per heavy atom. The highest BCUT2D eigenvalue weighted by atomic mass is 35.5. The van der Waals surface area contributed by atoms with Crippen LogP contribution < -0.4 is 5.73 Å². The number of rotatable bonds is 3. The van der Waals surface area contributed by atoms with Crippen molar-refractivity contribution in [2.24, 2.45) is 10.2 Å². The van der Waals surface area contributed by atoms with Gasteiger partial charge in [-0.25, -0.2) is 0 Å². The molecule has 0 fully saturated rings. The van der Waals surface area contributed by atoms with Crippen molar-refractivity contribution in [2.75, 3.05) is 5.73 Å². The Morgan fingerprint density at radius 3 is 2.56 bits per heavy atom. The van der Waals surface area contributed by atoms with E-state index in [1.54, 1.807) is 12.1 Å². The van der Waals surface area contributed by atoms with Gasteiger partial charge in [0, 0.05) is 16.3 Å². The highest BCUT2D eigenvalue weighted by Gasteiger charge is 2.08. The van der Waals surface area contributed by atoms with Crippen LogP contribution in [0.5, 0.6) is 0 Å². The van der Waals surface area contributed by atoms with Crippen molar-refractivity contribution in [1.29, 1.82) is 0 Å². The van der Waals surface area contributed by atoms with Crippen LogP contribution in [0.2, 0.25) is 5.02 Å². The molecule has 0 aliphatic carbocycles. The van der Waals surface area contributed by atoms with E-state index in [1.807, 2.05) is 43.3 Å². The molecule has 0 amide bonds. The lowest BCUT2D eigenvalue weighted by molar-refractivity contribution is 0.766. The maximum atomic E-state index is 5.95. The van der Waals surface area contributed by atoms with Gasteiger partial charge in [0.05, 0.1) is 11.7 Å². The molecule has 0 saturated carbocycles. The van der Waals surface area contributed by atoms with E-state index in [9.17, 15) is 0 Å². The number of benzene rings is 2. The van der Waals surface area contributed by atoms with Crippen LogP contribution in [0.3, 0.4) is 0 Å². The first-order valence-electron chi connectivity index (χ1n) is 5.67. The Labute approximate surface area is 111 Å². The summed E-state index contributed by atoms with van der Waals surface area (Å²) in [5.41, 5.74) is 8.29. The Bertz CT molecular complexity index is 552. The fourth-order valence-corrected chi connectivity index (χ4v) is 1.80. The number of hydrogen-bond acceptors (Lipinski definition) is 3. The van der Waals surface area contributed by atoms with Gasteiger partial charge in [-0.1, -0.05) is 29.8 Å². The van der Waals surface area contributed by atoms with E-state index in [4.69, 9.17) is 17.3 Å². The molecule has 0 spiro atoms. The van der Waals surface area contributed by atoms with Crippen molar-refractivity contribution in [1.82, 2.24) is 0 Å². The third-order valence-corrected chi connectivity index (χ3v) is 2.84. The summed E-state index contributed by atoms with van der Waals surface area (Å²) < 4.78 is 0. The van der Waals surface area contributed by atoms with Crippen LogP contribution in [0, 0.1) is 0 Å². The van der Waals surface area contributed by atoms with Gasteiger partial charge < -0.3 is 5.73 Å². The predicted octanol–water partition coefficient (Wildman–Crippen LogP) is 4.77. The van der Waals surface area contributed by atoms with Crippen LogP contribution in [0.25, 0.3) is 0 Å². The quantitative estimate of drug-likeness (QED) is 0.627. The first-order valence-corrected chi connectivity index (χ1v) is 6.05. The van der Waals surface area contributed by atoms with Crippen LogP contribution in [-0.4, -0.2) is 0 Å². The number of anilines is 1. The van der Waals surface area contributed by atoms with Gasteiger partial charge >= 0.3 is 0 Å². The Morgan fingerprint density at radius 2 is 1.83 bits per heavy atom. The van der Waals surface area contributed by atoms with E-state index in [2.05, 4.69) is 10.2 Å². The van der Waals surface area contributed by atoms with Gasteiger partial charge in [-0.05, 0) is 37.3 Å². The monoisotopic (exact) mass is 259 g/mol. The summed E-state index contributed by atoms with van der Waals surface area (Å²) in [5.74, 6) is 0. The van der Waals surface area contributed by atoms with E-state index in [1.165, 1.54) is 0 Å². The fourth-order valence-electron chi connectivity index (χ4n) is 1.62. The maximum absolute atomic E-state index is 5.95. The van der Waals surface area contributed by atoms with Gasteiger partial charge in [0.1, 0.15) is 0 Å². The highest BCUT2D eigenvalue weighted by Crippen LogP contribution is 2.27. The molecule has 4 heteroatoms. The van der Waals surface area contributed by atoms with E-state index >= 15 is 0 Å². The van der Waals surface area contributed by atoms with Gasteiger partial charge in [0.15, 0.2) is 0 Å². The summed E-state index contributed by atoms with van der Waals surface area (Å²) in [4.78, 5) is 0. The molecule has 0 saturated heterocycles. The molecule has 0 aliphatic rings. The number of nitrogen functional groups attached to an aromatic ring is 1. The van der Waals surface area contributed by atoms with Crippen molar-refractivity contribution >= 4 is 23.0 Å². The first-order chi connectivity index (χ1) is 8.66. The van der Waals surface area contributed by atoms with Gasteiger partial charge in [0.25, 0.3) is 0 Å². The van der Waals surface area contributed by atoms with Gasteiger partial charge in [-0.2, -0.15) is 10.2 Å². The average Bonchev–Trinajstić information content (AvgIpc) is 2.40. The molecule has 2 rings (SSSR count). The van der Waals surface area contributed by atoms with Gasteiger partial charge in [-0.15, -0.1) is 0 Å². The third-order valence-electron chi connectivity index (χ3n) is 2.60. The van der Waals surface area contributed by atoms with Crippen molar-refractivity contribution in [3.8, 4) is 0 Å². The van der Waals surface area contributed by atoms with E-state index in [0.717, 1.165) is 11.3 Å². The molecule has 0 bridgehead atoms. The van der Waals surface area contributed by atoms with E-state index < -0.39 is 0 Å². The molecule has 0 heterocycles. The number of hydrogen-bond donors (Lipinski definition) is 1. The molecule has 1 atom stereocenters. The second-order valence-corrected chi connectivity index (χ2v) is 4.44. The molecule has 3 nitrogen and oxygen atoms in total. The Balaban J connectivity index is 2.19. The molecule has 2 aromatic rings. The fraction of sp³-hybridized carbons (Fsp3) is 0.143. The van der Waals surface area contributed by atoms with Gasteiger partial charge in [-0.3, -0.25) is 0 Å². The van der Waals surface area contributed by atoms with Crippen LogP contribution in [0.15, 0.2) is 58.8 Å². The number of nitrogens with zero attached hydrogens (tertiary/aromatic N) is 2. The molecule has 18 heavy (non-hydrogen) atoms. The maximum Gasteiger partial charge on any atom is 0.0954 e. The third kappa shape index (κ3) is 3.08. The van der Waals surface area contributed by atoms with Crippen molar-refractivity contribution < 1.29 is 0 Å². The number of azo groups is 1. The van der Waals surface area contributed by atoms with E-state index in [-0.39, 0.29) is 6.04 Å². The zero-order valence-corrected chi connectivity index (χ0v) is 10.8. The van der Waals surface area contributed by atoms with Crippen LogP contribution in [-0.2, 0) is 0 Å². The van der Waals surface area contributed by atoms with Crippen molar-refractivity contribution in [3.05, 3.63) is 59.1 Å². The number of halogens is 1. The summed E-state index contributed by atoms with van der Waals surface area (Å²) >= 11 is 5.95. The lowest BCUT2D eigenvalue weighted by Crippen LogP contribution is -1.96. The minimum Gasteiger partial charge on any atom is -0.398 e. The molecule has 0 radical (unpaired) electrons. The van der Waals surface area contributed by atoms with Crippen molar-refractivity contribution in [2.45, 2.75) is 13.0 Å². The average molecular weight is 260 g/mol. The topological polar surface area (TPSA) is 50.7 Å². The molecular weight excluding hydrogens is 246 g/mol. The highest BCUT2D eigenvalue weighted by molar-refractivity contribution is 6.30. The second-order valence-electron chi connectivity index (χ2n) is 4.00. The molecular formula is C14H14ClN3.